The Morgan fingerprint density at radius 3 is 2.39 bits per heavy atom. The zero-order valence-electron chi connectivity index (χ0n) is 12.9. The van der Waals surface area contributed by atoms with E-state index in [2.05, 4.69) is 0 Å². The summed E-state index contributed by atoms with van der Waals surface area (Å²) in [6, 6.07) is 13.4. The quantitative estimate of drug-likeness (QED) is 0.865. The largest absolute Gasteiger partial charge is 0.495 e. The van der Waals surface area contributed by atoms with Gasteiger partial charge >= 0.3 is 0 Å². The number of ether oxygens (including phenoxy) is 1. The molecule has 1 atom stereocenters. The van der Waals surface area contributed by atoms with Gasteiger partial charge in [-0.05, 0) is 17.7 Å². The molecule has 5 nitrogen and oxygen atoms in total. The van der Waals surface area contributed by atoms with Crippen LogP contribution in [0.2, 0.25) is 5.02 Å². The summed E-state index contributed by atoms with van der Waals surface area (Å²) in [6.45, 7) is 0.145. The van der Waals surface area contributed by atoms with E-state index in [9.17, 15) is 8.42 Å². The van der Waals surface area contributed by atoms with Gasteiger partial charge in [-0.15, -0.1) is 0 Å². The molecule has 1 unspecified atom stereocenters. The van der Waals surface area contributed by atoms with E-state index < -0.39 is 16.1 Å². The van der Waals surface area contributed by atoms with Gasteiger partial charge in [-0.1, -0.05) is 48.0 Å². The molecule has 0 saturated heterocycles. The number of sulfonamides is 1. The van der Waals surface area contributed by atoms with Gasteiger partial charge < -0.3 is 10.5 Å². The average Bonchev–Trinajstić information content (AvgIpc) is 2.55. The molecule has 7 heteroatoms. The summed E-state index contributed by atoms with van der Waals surface area (Å²) >= 11 is 6.11. The van der Waals surface area contributed by atoms with Crippen LogP contribution in [0.5, 0.6) is 5.75 Å². The Bertz CT molecular complexity index is 766. The van der Waals surface area contributed by atoms with Gasteiger partial charge in [0.25, 0.3) is 0 Å². The topological polar surface area (TPSA) is 72.6 Å². The lowest BCUT2D eigenvalue weighted by molar-refractivity contribution is 0.371. The number of benzene rings is 2. The lowest BCUT2D eigenvalue weighted by Crippen LogP contribution is -2.35. The Morgan fingerprint density at radius 1 is 1.17 bits per heavy atom. The second kappa shape index (κ2) is 7.31. The Morgan fingerprint density at radius 2 is 1.83 bits per heavy atom. The highest BCUT2D eigenvalue weighted by Gasteiger charge is 2.32. The molecule has 0 saturated carbocycles. The molecule has 2 rings (SSSR count). The fourth-order valence-corrected chi connectivity index (χ4v) is 4.39. The summed E-state index contributed by atoms with van der Waals surface area (Å²) < 4.78 is 32.4. The highest BCUT2D eigenvalue weighted by atomic mass is 35.5. The first kappa shape index (κ1) is 17.7. The summed E-state index contributed by atoms with van der Waals surface area (Å²) in [5.41, 5.74) is 6.63. The predicted octanol–water partition coefficient (Wildman–Crippen LogP) is 2.67. The number of nitrogens with zero attached hydrogens (tertiary/aromatic N) is 1. The van der Waals surface area contributed by atoms with Crippen molar-refractivity contribution in [3.8, 4) is 5.75 Å². The molecule has 0 aliphatic heterocycles. The zero-order valence-corrected chi connectivity index (χ0v) is 14.5. The van der Waals surface area contributed by atoms with Crippen LogP contribution in [-0.2, 0) is 10.0 Å². The first-order valence-electron chi connectivity index (χ1n) is 6.99. The number of hydrogen-bond acceptors (Lipinski definition) is 4. The maximum Gasteiger partial charge on any atom is 0.248 e. The lowest BCUT2D eigenvalue weighted by atomic mass is 10.1. The monoisotopic (exact) mass is 354 g/mol. The third-order valence-corrected chi connectivity index (χ3v) is 6.01. The summed E-state index contributed by atoms with van der Waals surface area (Å²) in [5, 5.41) is 0.111. The molecule has 2 N–H and O–H groups in total. The van der Waals surface area contributed by atoms with Crippen LogP contribution < -0.4 is 10.5 Å². The molecule has 0 fully saturated rings. The maximum absolute atomic E-state index is 13.0. The third-order valence-electron chi connectivity index (χ3n) is 3.63. The van der Waals surface area contributed by atoms with Crippen molar-refractivity contribution in [1.82, 2.24) is 4.31 Å². The first-order valence-corrected chi connectivity index (χ1v) is 8.80. The molecule has 2 aromatic carbocycles. The van der Waals surface area contributed by atoms with Crippen LogP contribution in [0.1, 0.15) is 11.6 Å². The summed E-state index contributed by atoms with van der Waals surface area (Å²) in [4.78, 5) is -0.0546. The molecule has 124 valence electrons. The van der Waals surface area contributed by atoms with Crippen LogP contribution in [0.15, 0.2) is 53.4 Å². The van der Waals surface area contributed by atoms with Crippen LogP contribution in [0.25, 0.3) is 0 Å². The van der Waals surface area contributed by atoms with E-state index in [1.165, 1.54) is 24.5 Å². The molecule has 0 aliphatic rings. The zero-order chi connectivity index (χ0) is 17.0. The van der Waals surface area contributed by atoms with E-state index in [0.717, 1.165) is 5.56 Å². The van der Waals surface area contributed by atoms with Gasteiger partial charge in [0.2, 0.25) is 10.0 Å². The third kappa shape index (κ3) is 3.50. The maximum atomic E-state index is 13.0. The minimum Gasteiger partial charge on any atom is -0.495 e. The van der Waals surface area contributed by atoms with Gasteiger partial charge in [0.05, 0.1) is 18.2 Å². The van der Waals surface area contributed by atoms with Crippen molar-refractivity contribution in [2.45, 2.75) is 10.9 Å². The minimum absolute atomic E-state index is 0.0546. The number of methoxy groups -OCH3 is 1. The normalized spacial score (nSPS) is 13.1. The SMILES string of the molecule is COc1cccc(Cl)c1S(=O)(=O)N(C)C(CN)c1ccccc1. The van der Waals surface area contributed by atoms with E-state index in [1.807, 2.05) is 30.3 Å². The molecule has 0 spiro atoms. The summed E-state index contributed by atoms with van der Waals surface area (Å²) in [7, 11) is -0.982. The molecular formula is C16H19ClN2O3S. The van der Waals surface area contributed by atoms with E-state index >= 15 is 0 Å². The van der Waals surface area contributed by atoms with Crippen molar-refractivity contribution in [1.29, 1.82) is 0 Å². The second-order valence-corrected chi connectivity index (χ2v) is 7.30. The number of rotatable bonds is 6. The molecule has 0 amide bonds. The second-order valence-electron chi connectivity index (χ2n) is 4.95. The van der Waals surface area contributed by atoms with Crippen molar-refractivity contribution < 1.29 is 13.2 Å². The van der Waals surface area contributed by atoms with Crippen LogP contribution in [-0.4, -0.2) is 33.4 Å². The van der Waals surface area contributed by atoms with Crippen LogP contribution >= 0.6 is 11.6 Å². The average molecular weight is 355 g/mol. The Labute approximate surface area is 141 Å². The van der Waals surface area contributed by atoms with Gasteiger partial charge in [-0.3, -0.25) is 0 Å². The first-order chi connectivity index (χ1) is 10.9. The number of likely N-dealkylation sites (N-methyl/N-ethyl adjacent to an activating group) is 1. The van der Waals surface area contributed by atoms with Crippen LogP contribution in [0, 0.1) is 0 Å². The van der Waals surface area contributed by atoms with Crippen LogP contribution in [0.3, 0.4) is 0 Å². The number of hydrogen-bond donors (Lipinski definition) is 1. The minimum atomic E-state index is -3.88. The van der Waals surface area contributed by atoms with Crippen molar-refractivity contribution in [3.05, 3.63) is 59.1 Å². The standard InChI is InChI=1S/C16H19ClN2O3S/c1-19(14(11-18)12-7-4-3-5-8-12)23(20,21)16-13(17)9-6-10-15(16)22-2/h3-10,14H,11,18H2,1-2H3. The highest BCUT2D eigenvalue weighted by Crippen LogP contribution is 2.35. The van der Waals surface area contributed by atoms with Gasteiger partial charge in [-0.2, -0.15) is 4.31 Å². The van der Waals surface area contributed by atoms with Gasteiger partial charge in [0.1, 0.15) is 10.6 Å². The van der Waals surface area contributed by atoms with Crippen molar-refractivity contribution >= 4 is 21.6 Å². The highest BCUT2D eigenvalue weighted by molar-refractivity contribution is 7.89. The Balaban J connectivity index is 2.51. The van der Waals surface area contributed by atoms with Crippen LogP contribution in [0.4, 0.5) is 0 Å². The lowest BCUT2D eigenvalue weighted by Gasteiger charge is -2.27. The predicted molar refractivity (Wildman–Crippen MR) is 91.2 cm³/mol. The molecule has 0 aromatic heterocycles. The van der Waals surface area contributed by atoms with E-state index in [1.54, 1.807) is 12.1 Å². The van der Waals surface area contributed by atoms with E-state index in [-0.39, 0.29) is 22.2 Å². The summed E-state index contributed by atoms with van der Waals surface area (Å²) in [5.74, 6) is 0.202. The molecule has 0 radical (unpaired) electrons. The summed E-state index contributed by atoms with van der Waals surface area (Å²) in [6.07, 6.45) is 0. The molecule has 2 aromatic rings. The molecule has 23 heavy (non-hydrogen) atoms. The fourth-order valence-electron chi connectivity index (χ4n) is 2.38. The van der Waals surface area contributed by atoms with E-state index in [4.69, 9.17) is 22.1 Å². The molecule has 0 bridgehead atoms. The Kier molecular flexibility index (Phi) is 5.64. The van der Waals surface area contributed by atoms with E-state index in [0.29, 0.717) is 0 Å². The number of nitrogens with two attached hydrogens (primary N) is 1. The van der Waals surface area contributed by atoms with Crippen molar-refractivity contribution in [2.24, 2.45) is 5.73 Å². The molecule has 0 aliphatic carbocycles. The molecule has 0 heterocycles. The fraction of sp³-hybridized carbons (Fsp3) is 0.250. The Hall–Kier alpha value is -1.60. The van der Waals surface area contributed by atoms with Crippen molar-refractivity contribution in [2.75, 3.05) is 20.7 Å². The van der Waals surface area contributed by atoms with Gasteiger partial charge in [0.15, 0.2) is 0 Å². The molecular weight excluding hydrogens is 336 g/mol. The van der Waals surface area contributed by atoms with Crippen molar-refractivity contribution in [3.63, 3.8) is 0 Å². The van der Waals surface area contributed by atoms with Gasteiger partial charge in [0, 0.05) is 13.6 Å². The van der Waals surface area contributed by atoms with Gasteiger partial charge in [-0.25, -0.2) is 8.42 Å². The number of halogens is 1. The smallest absolute Gasteiger partial charge is 0.248 e.